The Bertz CT molecular complexity index is 573. The van der Waals surface area contributed by atoms with E-state index in [9.17, 15) is 0 Å². The normalized spacial score (nSPS) is 10.5. The van der Waals surface area contributed by atoms with Gasteiger partial charge in [-0.25, -0.2) is 4.98 Å². The smallest absolute Gasteiger partial charge is 0.145 e. The Hall–Kier alpha value is -0.610. The summed E-state index contributed by atoms with van der Waals surface area (Å²) < 4.78 is 0. The zero-order chi connectivity index (χ0) is 13.8. The molecule has 0 radical (unpaired) electrons. The van der Waals surface area contributed by atoms with Crippen LogP contribution in [0.1, 0.15) is 5.56 Å². The summed E-state index contributed by atoms with van der Waals surface area (Å²) in [6, 6.07) is 9.41. The lowest BCUT2D eigenvalue weighted by atomic mass is 10.2. The number of rotatable bonds is 4. The Labute approximate surface area is 131 Å². The maximum Gasteiger partial charge on any atom is 0.145 e. The van der Waals surface area contributed by atoms with Crippen molar-refractivity contribution in [3.8, 4) is 0 Å². The topological polar surface area (TPSA) is 24.9 Å². The second kappa shape index (κ2) is 6.71. The van der Waals surface area contributed by atoms with E-state index in [1.165, 1.54) is 0 Å². The number of pyridine rings is 1. The van der Waals surface area contributed by atoms with Crippen LogP contribution in [-0.2, 0) is 5.75 Å². The summed E-state index contributed by atoms with van der Waals surface area (Å²) >= 11 is 19.5. The van der Waals surface area contributed by atoms with Crippen LogP contribution < -0.4 is 5.32 Å². The van der Waals surface area contributed by atoms with Gasteiger partial charge in [-0.2, -0.15) is 0 Å². The summed E-state index contributed by atoms with van der Waals surface area (Å²) in [7, 11) is 1.77. The van der Waals surface area contributed by atoms with Crippen LogP contribution in [0.25, 0.3) is 0 Å². The summed E-state index contributed by atoms with van der Waals surface area (Å²) in [5, 5.41) is 5.50. The first-order valence-corrected chi connectivity index (χ1v) is 7.63. The molecule has 0 fully saturated rings. The average molecular weight is 334 g/mol. The van der Waals surface area contributed by atoms with Crippen LogP contribution in [0.15, 0.2) is 35.4 Å². The lowest BCUT2D eigenvalue weighted by Crippen LogP contribution is -1.95. The van der Waals surface area contributed by atoms with Crippen molar-refractivity contribution in [2.45, 2.75) is 10.8 Å². The first kappa shape index (κ1) is 14.8. The molecule has 1 heterocycles. The van der Waals surface area contributed by atoms with Crippen molar-refractivity contribution < 1.29 is 0 Å². The molecule has 0 saturated heterocycles. The molecule has 0 spiro atoms. The van der Waals surface area contributed by atoms with Crippen LogP contribution >= 0.6 is 46.6 Å². The van der Waals surface area contributed by atoms with Crippen LogP contribution in [-0.4, -0.2) is 12.0 Å². The van der Waals surface area contributed by atoms with Crippen LogP contribution in [0.4, 0.5) is 5.82 Å². The Balaban J connectivity index is 2.13. The van der Waals surface area contributed by atoms with Gasteiger partial charge < -0.3 is 5.32 Å². The molecular weight excluding hydrogens is 323 g/mol. The lowest BCUT2D eigenvalue weighted by Gasteiger charge is -2.08. The SMILES string of the molecule is CNc1nc(SCc2ccc(Cl)cc2)c(Cl)cc1Cl. The molecule has 0 aliphatic rings. The van der Waals surface area contributed by atoms with Gasteiger partial charge in [-0.1, -0.05) is 46.9 Å². The zero-order valence-corrected chi connectivity index (χ0v) is 13.2. The summed E-state index contributed by atoms with van der Waals surface area (Å²) in [6.45, 7) is 0. The highest BCUT2D eigenvalue weighted by atomic mass is 35.5. The van der Waals surface area contributed by atoms with Gasteiger partial charge >= 0.3 is 0 Å². The van der Waals surface area contributed by atoms with Crippen LogP contribution in [0.5, 0.6) is 0 Å². The van der Waals surface area contributed by atoms with Crippen molar-refractivity contribution in [2.75, 3.05) is 12.4 Å². The summed E-state index contributed by atoms with van der Waals surface area (Å²) in [6.07, 6.45) is 0. The molecule has 2 aromatic rings. The molecule has 0 atom stereocenters. The quantitative estimate of drug-likeness (QED) is 0.761. The molecule has 6 heteroatoms. The van der Waals surface area contributed by atoms with Crippen molar-refractivity contribution in [3.63, 3.8) is 0 Å². The summed E-state index contributed by atoms with van der Waals surface area (Å²) in [5.74, 6) is 1.40. The van der Waals surface area contributed by atoms with E-state index >= 15 is 0 Å². The van der Waals surface area contributed by atoms with Crippen molar-refractivity contribution in [1.82, 2.24) is 4.98 Å². The third-order valence-electron chi connectivity index (χ3n) is 2.42. The van der Waals surface area contributed by atoms with E-state index in [1.54, 1.807) is 24.9 Å². The molecule has 1 N–H and O–H groups in total. The minimum absolute atomic E-state index is 0.517. The molecule has 0 aliphatic carbocycles. The second-order valence-electron chi connectivity index (χ2n) is 3.77. The van der Waals surface area contributed by atoms with Crippen molar-refractivity contribution in [2.24, 2.45) is 0 Å². The fraction of sp³-hybridized carbons (Fsp3) is 0.154. The van der Waals surface area contributed by atoms with E-state index in [-0.39, 0.29) is 0 Å². The number of halogens is 3. The zero-order valence-electron chi connectivity index (χ0n) is 10.1. The van der Waals surface area contributed by atoms with Gasteiger partial charge in [0, 0.05) is 17.8 Å². The maximum absolute atomic E-state index is 6.13. The van der Waals surface area contributed by atoms with E-state index in [0.717, 1.165) is 21.4 Å². The third kappa shape index (κ3) is 3.93. The number of anilines is 1. The van der Waals surface area contributed by atoms with Crippen molar-refractivity contribution in [3.05, 3.63) is 51.0 Å². The van der Waals surface area contributed by atoms with Gasteiger partial charge in [0.1, 0.15) is 10.8 Å². The second-order valence-corrected chi connectivity index (χ2v) is 5.99. The number of nitrogens with zero attached hydrogens (tertiary/aromatic N) is 1. The molecule has 19 heavy (non-hydrogen) atoms. The highest BCUT2D eigenvalue weighted by Gasteiger charge is 2.09. The van der Waals surface area contributed by atoms with E-state index in [1.807, 2.05) is 24.3 Å². The predicted octanol–water partition coefficient (Wildman–Crippen LogP) is 5.38. The molecule has 0 unspecified atom stereocenters. The molecule has 0 aliphatic heterocycles. The Morgan fingerprint density at radius 1 is 1.11 bits per heavy atom. The monoisotopic (exact) mass is 332 g/mol. The van der Waals surface area contributed by atoms with Gasteiger partial charge in [-0.15, -0.1) is 11.8 Å². The standard InChI is InChI=1S/C13H11Cl3N2S/c1-17-12-10(15)6-11(16)13(18-12)19-7-8-2-4-9(14)5-3-8/h2-6H,7H2,1H3,(H,17,18). The van der Waals surface area contributed by atoms with Crippen LogP contribution in [0.3, 0.4) is 0 Å². The van der Waals surface area contributed by atoms with Gasteiger partial charge in [0.25, 0.3) is 0 Å². The maximum atomic E-state index is 6.13. The first-order valence-electron chi connectivity index (χ1n) is 5.51. The molecular formula is C13H11Cl3N2S. The van der Waals surface area contributed by atoms with E-state index in [0.29, 0.717) is 15.9 Å². The summed E-state index contributed by atoms with van der Waals surface area (Å²) in [4.78, 5) is 4.38. The van der Waals surface area contributed by atoms with Gasteiger partial charge in [0.05, 0.1) is 10.0 Å². The number of hydrogen-bond donors (Lipinski definition) is 1. The van der Waals surface area contributed by atoms with E-state index in [2.05, 4.69) is 10.3 Å². The van der Waals surface area contributed by atoms with Crippen molar-refractivity contribution >= 4 is 52.4 Å². The van der Waals surface area contributed by atoms with Crippen LogP contribution in [0, 0.1) is 0 Å². The molecule has 1 aromatic heterocycles. The molecule has 2 rings (SSSR count). The summed E-state index contributed by atoms with van der Waals surface area (Å²) in [5.41, 5.74) is 1.16. The first-order chi connectivity index (χ1) is 9.10. The number of thioether (sulfide) groups is 1. The molecule has 2 nitrogen and oxygen atoms in total. The molecule has 0 bridgehead atoms. The lowest BCUT2D eigenvalue weighted by molar-refractivity contribution is 1.12. The number of hydrogen-bond acceptors (Lipinski definition) is 3. The van der Waals surface area contributed by atoms with Gasteiger partial charge in [0.15, 0.2) is 0 Å². The highest BCUT2D eigenvalue weighted by molar-refractivity contribution is 7.98. The fourth-order valence-corrected chi connectivity index (χ4v) is 3.05. The molecule has 100 valence electrons. The minimum atomic E-state index is 0.517. The van der Waals surface area contributed by atoms with Gasteiger partial charge in [-0.05, 0) is 23.8 Å². The average Bonchev–Trinajstić information content (AvgIpc) is 2.40. The molecule has 0 amide bonds. The van der Waals surface area contributed by atoms with E-state index < -0.39 is 0 Å². The fourth-order valence-electron chi connectivity index (χ4n) is 1.46. The predicted molar refractivity (Wildman–Crippen MR) is 84.8 cm³/mol. The minimum Gasteiger partial charge on any atom is -0.372 e. The van der Waals surface area contributed by atoms with Gasteiger partial charge in [-0.3, -0.25) is 0 Å². The number of aromatic nitrogens is 1. The van der Waals surface area contributed by atoms with E-state index in [4.69, 9.17) is 34.8 Å². The third-order valence-corrected chi connectivity index (χ3v) is 4.43. The van der Waals surface area contributed by atoms with Crippen molar-refractivity contribution in [1.29, 1.82) is 0 Å². The highest BCUT2D eigenvalue weighted by Crippen LogP contribution is 2.33. The van der Waals surface area contributed by atoms with Gasteiger partial charge in [0.2, 0.25) is 0 Å². The van der Waals surface area contributed by atoms with Crippen LogP contribution in [0.2, 0.25) is 15.1 Å². The molecule has 1 aromatic carbocycles. The Morgan fingerprint density at radius 2 is 1.79 bits per heavy atom. The largest absolute Gasteiger partial charge is 0.372 e. The Kier molecular flexibility index (Phi) is 5.22. The molecule has 0 saturated carbocycles. The number of benzene rings is 1. The Morgan fingerprint density at radius 3 is 2.42 bits per heavy atom. The number of nitrogens with one attached hydrogen (secondary N) is 1.